The lowest BCUT2D eigenvalue weighted by Gasteiger charge is -2.13. The zero-order chi connectivity index (χ0) is 19.9. The number of anilines is 3. The van der Waals surface area contributed by atoms with E-state index >= 15 is 0 Å². The van der Waals surface area contributed by atoms with Gasteiger partial charge in [0, 0.05) is 21.7 Å². The van der Waals surface area contributed by atoms with Gasteiger partial charge in [0.2, 0.25) is 5.95 Å². The van der Waals surface area contributed by atoms with Gasteiger partial charge in [0.1, 0.15) is 11.6 Å². The molecule has 1 heterocycles. The largest absolute Gasteiger partial charge is 0.354 e. The van der Waals surface area contributed by atoms with E-state index in [0.717, 1.165) is 34.3 Å². The van der Waals surface area contributed by atoms with E-state index in [4.69, 9.17) is 0 Å². The second-order valence-corrected chi connectivity index (χ2v) is 7.91. The van der Waals surface area contributed by atoms with Crippen molar-refractivity contribution in [2.45, 2.75) is 6.42 Å². The Balaban J connectivity index is 1.86. The minimum absolute atomic E-state index is 0.313. The SMILES string of the molecule is CN(C)CCCNc1nc(Nc2ccc(I)cc2F)cc(-c2ccccc2)n1. The number of halogens is 2. The highest BCUT2D eigenvalue weighted by molar-refractivity contribution is 14.1. The number of hydrogen-bond acceptors (Lipinski definition) is 5. The van der Waals surface area contributed by atoms with Crippen molar-refractivity contribution in [1.29, 1.82) is 0 Å². The Bertz CT molecular complexity index is 918. The van der Waals surface area contributed by atoms with Crippen molar-refractivity contribution in [2.24, 2.45) is 0 Å². The average Bonchev–Trinajstić information content (AvgIpc) is 2.68. The van der Waals surface area contributed by atoms with Gasteiger partial charge in [-0.25, -0.2) is 9.37 Å². The van der Waals surface area contributed by atoms with E-state index in [1.807, 2.05) is 56.6 Å². The molecule has 2 N–H and O–H groups in total. The molecule has 0 saturated heterocycles. The number of hydrogen-bond donors (Lipinski definition) is 2. The van der Waals surface area contributed by atoms with Crippen LogP contribution in [0, 0.1) is 9.39 Å². The minimum Gasteiger partial charge on any atom is -0.354 e. The summed E-state index contributed by atoms with van der Waals surface area (Å²) in [4.78, 5) is 11.3. The molecule has 0 atom stereocenters. The summed E-state index contributed by atoms with van der Waals surface area (Å²) in [5.74, 6) is 0.755. The first kappa shape index (κ1) is 20.5. The fourth-order valence-electron chi connectivity index (χ4n) is 2.67. The third-order valence-corrected chi connectivity index (χ3v) is 4.73. The Kier molecular flexibility index (Phi) is 7.16. The molecular weight excluding hydrogens is 468 g/mol. The number of aromatic nitrogens is 2. The third kappa shape index (κ3) is 5.87. The van der Waals surface area contributed by atoms with Gasteiger partial charge in [-0.2, -0.15) is 4.98 Å². The molecule has 0 bridgehead atoms. The summed E-state index contributed by atoms with van der Waals surface area (Å²) >= 11 is 2.09. The first-order valence-corrected chi connectivity index (χ1v) is 10.1. The lowest BCUT2D eigenvalue weighted by molar-refractivity contribution is 0.405. The van der Waals surface area contributed by atoms with Gasteiger partial charge in [0.15, 0.2) is 0 Å². The molecule has 0 fully saturated rings. The fourth-order valence-corrected chi connectivity index (χ4v) is 3.12. The van der Waals surface area contributed by atoms with E-state index < -0.39 is 0 Å². The summed E-state index contributed by atoms with van der Waals surface area (Å²) in [5.41, 5.74) is 2.14. The van der Waals surface area contributed by atoms with Crippen LogP contribution in [0.4, 0.5) is 21.8 Å². The van der Waals surface area contributed by atoms with E-state index in [-0.39, 0.29) is 5.82 Å². The second kappa shape index (κ2) is 9.79. The van der Waals surface area contributed by atoms with Gasteiger partial charge >= 0.3 is 0 Å². The quantitative estimate of drug-likeness (QED) is 0.344. The summed E-state index contributed by atoms with van der Waals surface area (Å²) < 4.78 is 15.1. The maximum absolute atomic E-state index is 14.3. The number of rotatable bonds is 8. The first-order chi connectivity index (χ1) is 13.5. The highest BCUT2D eigenvalue weighted by Crippen LogP contribution is 2.25. The van der Waals surface area contributed by atoms with Crippen molar-refractivity contribution in [3.8, 4) is 11.3 Å². The van der Waals surface area contributed by atoms with Crippen LogP contribution in [-0.2, 0) is 0 Å². The Hall–Kier alpha value is -2.26. The van der Waals surface area contributed by atoms with E-state index in [0.29, 0.717) is 17.5 Å². The number of benzene rings is 2. The standard InChI is InChI=1S/C21H23FIN5/c1-28(2)12-6-11-24-21-26-19(15-7-4-3-5-8-15)14-20(27-21)25-18-10-9-16(23)13-17(18)22/h3-5,7-10,13-14H,6,11-12H2,1-2H3,(H2,24,25,26,27). The van der Waals surface area contributed by atoms with Gasteiger partial charge in [0.05, 0.1) is 11.4 Å². The predicted octanol–water partition coefficient (Wildman–Crippen LogP) is 4.99. The summed E-state index contributed by atoms with van der Waals surface area (Å²) in [7, 11) is 4.09. The molecule has 0 aliphatic heterocycles. The molecule has 7 heteroatoms. The zero-order valence-electron chi connectivity index (χ0n) is 15.9. The van der Waals surface area contributed by atoms with Crippen LogP contribution in [0.2, 0.25) is 0 Å². The zero-order valence-corrected chi connectivity index (χ0v) is 18.1. The normalized spacial score (nSPS) is 10.9. The smallest absolute Gasteiger partial charge is 0.225 e. The highest BCUT2D eigenvalue weighted by Gasteiger charge is 2.09. The lowest BCUT2D eigenvalue weighted by atomic mass is 10.1. The summed E-state index contributed by atoms with van der Waals surface area (Å²) in [6.45, 7) is 1.73. The Morgan fingerprint density at radius 1 is 1.04 bits per heavy atom. The van der Waals surface area contributed by atoms with Crippen LogP contribution in [0.15, 0.2) is 54.6 Å². The molecule has 2 aromatic carbocycles. The molecule has 0 radical (unpaired) electrons. The van der Waals surface area contributed by atoms with Crippen molar-refractivity contribution < 1.29 is 4.39 Å². The van der Waals surface area contributed by atoms with Crippen LogP contribution in [-0.4, -0.2) is 42.1 Å². The molecule has 3 aromatic rings. The van der Waals surface area contributed by atoms with Crippen LogP contribution in [0.3, 0.4) is 0 Å². The monoisotopic (exact) mass is 491 g/mol. The molecular formula is C21H23FIN5. The number of nitrogens with one attached hydrogen (secondary N) is 2. The predicted molar refractivity (Wildman–Crippen MR) is 122 cm³/mol. The molecule has 3 rings (SSSR count). The highest BCUT2D eigenvalue weighted by atomic mass is 127. The average molecular weight is 491 g/mol. The van der Waals surface area contributed by atoms with E-state index in [1.54, 1.807) is 6.07 Å². The van der Waals surface area contributed by atoms with Crippen molar-refractivity contribution in [3.05, 3.63) is 64.0 Å². The van der Waals surface area contributed by atoms with Crippen molar-refractivity contribution >= 4 is 40.0 Å². The maximum Gasteiger partial charge on any atom is 0.225 e. The maximum atomic E-state index is 14.3. The molecule has 0 aliphatic carbocycles. The van der Waals surface area contributed by atoms with Crippen molar-refractivity contribution in [1.82, 2.24) is 14.9 Å². The van der Waals surface area contributed by atoms with E-state index in [1.165, 1.54) is 6.07 Å². The van der Waals surface area contributed by atoms with Gasteiger partial charge in [-0.15, -0.1) is 0 Å². The Morgan fingerprint density at radius 2 is 1.82 bits per heavy atom. The van der Waals surface area contributed by atoms with Gasteiger partial charge in [-0.3, -0.25) is 0 Å². The van der Waals surface area contributed by atoms with Crippen LogP contribution in [0.1, 0.15) is 6.42 Å². The number of nitrogens with zero attached hydrogens (tertiary/aromatic N) is 3. The van der Waals surface area contributed by atoms with Gasteiger partial charge in [-0.05, 0) is 67.9 Å². The van der Waals surface area contributed by atoms with E-state index in [9.17, 15) is 4.39 Å². The molecule has 0 spiro atoms. The Labute approximate surface area is 178 Å². The summed E-state index contributed by atoms with van der Waals surface area (Å²) in [6.07, 6.45) is 0.973. The Morgan fingerprint density at radius 3 is 2.54 bits per heavy atom. The third-order valence-electron chi connectivity index (χ3n) is 4.05. The molecule has 0 amide bonds. The minimum atomic E-state index is -0.313. The van der Waals surface area contributed by atoms with Crippen molar-refractivity contribution in [2.75, 3.05) is 37.8 Å². The van der Waals surface area contributed by atoms with Crippen LogP contribution in [0.25, 0.3) is 11.3 Å². The fraction of sp³-hybridized carbons (Fsp3) is 0.238. The molecule has 1 aromatic heterocycles. The topological polar surface area (TPSA) is 53.1 Å². The molecule has 28 heavy (non-hydrogen) atoms. The first-order valence-electron chi connectivity index (χ1n) is 9.06. The molecule has 146 valence electrons. The summed E-state index contributed by atoms with van der Waals surface area (Å²) in [5, 5.41) is 6.36. The van der Waals surface area contributed by atoms with Gasteiger partial charge < -0.3 is 15.5 Å². The van der Waals surface area contributed by atoms with Crippen LogP contribution < -0.4 is 10.6 Å². The molecule has 0 aliphatic rings. The van der Waals surface area contributed by atoms with Gasteiger partial charge in [-0.1, -0.05) is 30.3 Å². The van der Waals surface area contributed by atoms with E-state index in [2.05, 4.69) is 48.1 Å². The molecule has 0 unspecified atom stereocenters. The molecule has 0 saturated carbocycles. The molecule has 5 nitrogen and oxygen atoms in total. The van der Waals surface area contributed by atoms with Crippen molar-refractivity contribution in [3.63, 3.8) is 0 Å². The second-order valence-electron chi connectivity index (χ2n) is 6.66. The van der Waals surface area contributed by atoms with Gasteiger partial charge in [0.25, 0.3) is 0 Å². The summed E-state index contributed by atoms with van der Waals surface area (Å²) in [6, 6.07) is 16.8. The van der Waals surface area contributed by atoms with Crippen LogP contribution >= 0.6 is 22.6 Å². The van der Waals surface area contributed by atoms with Crippen LogP contribution in [0.5, 0.6) is 0 Å². The lowest BCUT2D eigenvalue weighted by Crippen LogP contribution is -2.17.